The van der Waals surface area contributed by atoms with Crippen LogP contribution >= 0.6 is 11.3 Å². The first-order valence-corrected chi connectivity index (χ1v) is 12.5. The van der Waals surface area contributed by atoms with Gasteiger partial charge in [-0.1, -0.05) is 29.8 Å². The first-order chi connectivity index (χ1) is 14.3. The van der Waals surface area contributed by atoms with E-state index in [0.717, 1.165) is 23.3 Å². The molecule has 0 unspecified atom stereocenters. The molecule has 1 aromatic heterocycles. The summed E-state index contributed by atoms with van der Waals surface area (Å²) in [6.07, 6.45) is 1.84. The molecule has 2 aromatic carbocycles. The van der Waals surface area contributed by atoms with E-state index < -0.39 is 20.9 Å². The molecular weight excluding hydrogens is 419 g/mol. The predicted molar refractivity (Wildman–Crippen MR) is 120 cm³/mol. The molecule has 0 radical (unpaired) electrons. The van der Waals surface area contributed by atoms with E-state index >= 15 is 0 Å². The van der Waals surface area contributed by atoms with Crippen LogP contribution in [0.1, 0.15) is 35.2 Å². The van der Waals surface area contributed by atoms with Gasteiger partial charge in [-0.05, 0) is 56.0 Å². The van der Waals surface area contributed by atoms with Crippen molar-refractivity contribution in [1.29, 1.82) is 0 Å². The highest BCUT2D eigenvalue weighted by molar-refractivity contribution is 7.92. The van der Waals surface area contributed by atoms with Gasteiger partial charge in [0.05, 0.1) is 15.8 Å². The molecule has 7 heteroatoms. The summed E-state index contributed by atoms with van der Waals surface area (Å²) in [6.45, 7) is 5.48. The van der Waals surface area contributed by atoms with Crippen molar-refractivity contribution < 1.29 is 12.8 Å². The topological polar surface area (TPSA) is 50.3 Å². The molecule has 3 aromatic rings. The van der Waals surface area contributed by atoms with Crippen LogP contribution < -0.4 is 4.90 Å². The second-order valence-electron chi connectivity index (χ2n) is 7.92. The van der Waals surface area contributed by atoms with E-state index in [9.17, 15) is 12.8 Å². The first kappa shape index (κ1) is 21.0. The van der Waals surface area contributed by atoms with Gasteiger partial charge >= 0.3 is 0 Å². The van der Waals surface area contributed by atoms with Crippen molar-refractivity contribution in [2.45, 2.75) is 43.3 Å². The Labute approximate surface area is 181 Å². The van der Waals surface area contributed by atoms with Crippen LogP contribution in [0.4, 0.5) is 9.52 Å². The zero-order valence-electron chi connectivity index (χ0n) is 17.1. The van der Waals surface area contributed by atoms with E-state index in [4.69, 9.17) is 4.98 Å². The lowest BCUT2D eigenvalue weighted by atomic mass is 10.0. The Morgan fingerprint density at radius 3 is 2.63 bits per heavy atom. The summed E-state index contributed by atoms with van der Waals surface area (Å²) < 4.78 is 39.2. The van der Waals surface area contributed by atoms with Crippen molar-refractivity contribution in [1.82, 2.24) is 4.98 Å². The maximum absolute atomic E-state index is 13.5. The predicted octanol–water partition coefficient (Wildman–Crippen LogP) is 4.93. The zero-order valence-corrected chi connectivity index (χ0v) is 18.8. The van der Waals surface area contributed by atoms with Gasteiger partial charge in [0, 0.05) is 24.9 Å². The lowest BCUT2D eigenvalue weighted by Gasteiger charge is -2.31. The highest BCUT2D eigenvalue weighted by atomic mass is 32.2. The Bertz CT molecular complexity index is 1150. The van der Waals surface area contributed by atoms with Crippen LogP contribution in [-0.4, -0.2) is 31.7 Å². The molecule has 0 atom stereocenters. The van der Waals surface area contributed by atoms with Crippen molar-refractivity contribution in [3.05, 3.63) is 76.0 Å². The smallest absolute Gasteiger partial charge is 0.185 e. The van der Waals surface area contributed by atoms with Crippen molar-refractivity contribution in [3.8, 4) is 0 Å². The molecule has 0 amide bonds. The van der Waals surface area contributed by atoms with E-state index in [-0.39, 0.29) is 4.90 Å². The third-order valence-electron chi connectivity index (χ3n) is 5.69. The molecule has 0 bridgehead atoms. The van der Waals surface area contributed by atoms with E-state index in [1.807, 2.05) is 0 Å². The maximum Gasteiger partial charge on any atom is 0.185 e. The molecule has 1 aliphatic heterocycles. The van der Waals surface area contributed by atoms with Crippen LogP contribution in [0.3, 0.4) is 0 Å². The number of thiazole rings is 1. The summed E-state index contributed by atoms with van der Waals surface area (Å²) in [6, 6.07) is 11.8. The molecule has 1 saturated heterocycles. The van der Waals surface area contributed by atoms with Crippen molar-refractivity contribution in [2.24, 2.45) is 0 Å². The summed E-state index contributed by atoms with van der Waals surface area (Å²) >= 11 is 1.61. The molecule has 1 aliphatic rings. The normalized spacial score (nSPS) is 15.5. The Hall–Kier alpha value is -2.25. The Kier molecular flexibility index (Phi) is 5.93. The van der Waals surface area contributed by atoms with E-state index in [1.54, 1.807) is 11.3 Å². The molecule has 1 fully saturated rings. The molecule has 0 spiro atoms. The molecular formula is C23H25FN2O2S2. The lowest BCUT2D eigenvalue weighted by molar-refractivity contribution is 0.528. The number of hydrogen-bond acceptors (Lipinski definition) is 5. The lowest BCUT2D eigenvalue weighted by Crippen LogP contribution is -2.39. The molecule has 0 N–H and O–H groups in total. The van der Waals surface area contributed by atoms with Crippen LogP contribution in [0, 0.1) is 19.7 Å². The van der Waals surface area contributed by atoms with E-state index in [1.165, 1.54) is 34.9 Å². The summed E-state index contributed by atoms with van der Waals surface area (Å²) in [5.41, 5.74) is 4.83. The van der Waals surface area contributed by atoms with E-state index in [2.05, 4.69) is 42.3 Å². The second kappa shape index (κ2) is 8.47. The van der Waals surface area contributed by atoms with Gasteiger partial charge in [0.1, 0.15) is 5.82 Å². The van der Waals surface area contributed by atoms with Crippen molar-refractivity contribution in [2.75, 3.05) is 18.0 Å². The fourth-order valence-electron chi connectivity index (χ4n) is 3.90. The standard InChI is InChI=1S/C23H25FN2O2S2/c1-16-6-7-17(2)18(12-16)13-20-15-29-23(25-20)26-10-8-21(9-11-26)30(27,28)22-5-3-4-19(24)14-22/h3-7,12,14-15,21H,8-11,13H2,1-2H3. The quantitative estimate of drug-likeness (QED) is 0.560. The van der Waals surface area contributed by atoms with Crippen LogP contribution in [0.5, 0.6) is 0 Å². The number of halogens is 1. The minimum atomic E-state index is -3.52. The molecule has 0 aliphatic carbocycles. The van der Waals surface area contributed by atoms with Gasteiger partial charge in [0.25, 0.3) is 0 Å². The molecule has 2 heterocycles. The van der Waals surface area contributed by atoms with Gasteiger partial charge in [0.2, 0.25) is 0 Å². The summed E-state index contributed by atoms with van der Waals surface area (Å²) in [7, 11) is -3.52. The van der Waals surface area contributed by atoms with Gasteiger partial charge in [-0.15, -0.1) is 11.3 Å². The number of aryl methyl sites for hydroxylation is 2. The summed E-state index contributed by atoms with van der Waals surface area (Å²) in [4.78, 5) is 7.04. The summed E-state index contributed by atoms with van der Waals surface area (Å²) in [5, 5.41) is 2.55. The number of sulfone groups is 1. The van der Waals surface area contributed by atoms with Crippen LogP contribution in [0.15, 0.2) is 52.7 Å². The largest absolute Gasteiger partial charge is 0.348 e. The molecule has 4 nitrogen and oxygen atoms in total. The zero-order chi connectivity index (χ0) is 21.3. The van der Waals surface area contributed by atoms with Crippen LogP contribution in [0.25, 0.3) is 0 Å². The fourth-order valence-corrected chi connectivity index (χ4v) is 6.54. The average molecular weight is 445 g/mol. The minimum absolute atomic E-state index is 0.0750. The summed E-state index contributed by atoms with van der Waals surface area (Å²) in [5.74, 6) is -0.521. The monoisotopic (exact) mass is 444 g/mol. The average Bonchev–Trinajstić information content (AvgIpc) is 3.19. The number of hydrogen-bond donors (Lipinski definition) is 0. The van der Waals surface area contributed by atoms with E-state index in [0.29, 0.717) is 25.9 Å². The number of piperidine rings is 1. The number of nitrogens with zero attached hydrogens (tertiary/aromatic N) is 2. The molecule has 4 rings (SSSR count). The van der Waals surface area contributed by atoms with Crippen molar-refractivity contribution in [3.63, 3.8) is 0 Å². The maximum atomic E-state index is 13.5. The number of anilines is 1. The van der Waals surface area contributed by atoms with Crippen LogP contribution in [-0.2, 0) is 16.3 Å². The van der Waals surface area contributed by atoms with Crippen LogP contribution in [0.2, 0.25) is 0 Å². The first-order valence-electron chi connectivity index (χ1n) is 10.1. The Morgan fingerprint density at radius 2 is 1.90 bits per heavy atom. The minimum Gasteiger partial charge on any atom is -0.348 e. The second-order valence-corrected chi connectivity index (χ2v) is 11.0. The Balaban J connectivity index is 1.42. The third-order valence-corrected chi connectivity index (χ3v) is 8.90. The molecule has 30 heavy (non-hydrogen) atoms. The van der Waals surface area contributed by atoms with Crippen molar-refractivity contribution >= 4 is 26.3 Å². The highest BCUT2D eigenvalue weighted by Gasteiger charge is 2.32. The fraction of sp³-hybridized carbons (Fsp3) is 0.348. The Morgan fingerprint density at radius 1 is 1.13 bits per heavy atom. The number of aromatic nitrogens is 1. The molecule has 0 saturated carbocycles. The third kappa shape index (κ3) is 4.42. The number of rotatable bonds is 5. The number of benzene rings is 2. The van der Waals surface area contributed by atoms with Gasteiger partial charge < -0.3 is 4.90 Å². The van der Waals surface area contributed by atoms with Gasteiger partial charge in [-0.25, -0.2) is 17.8 Å². The SMILES string of the molecule is Cc1ccc(C)c(Cc2csc(N3CCC(S(=O)(=O)c4cccc(F)c4)CC3)n2)c1. The molecule has 158 valence electrons. The van der Waals surface area contributed by atoms with Gasteiger partial charge in [-0.2, -0.15) is 0 Å². The highest BCUT2D eigenvalue weighted by Crippen LogP contribution is 2.30. The van der Waals surface area contributed by atoms with Gasteiger partial charge in [-0.3, -0.25) is 0 Å². The van der Waals surface area contributed by atoms with Gasteiger partial charge in [0.15, 0.2) is 15.0 Å².